The van der Waals surface area contributed by atoms with Gasteiger partial charge in [-0.15, -0.1) is 0 Å². The number of nitrogens with zero attached hydrogens (tertiary/aromatic N) is 3. The summed E-state index contributed by atoms with van der Waals surface area (Å²) in [5.74, 6) is 7.90. The third-order valence-corrected chi connectivity index (χ3v) is 6.73. The highest BCUT2D eigenvalue weighted by atomic mass is 16.1. The molecule has 196 valence electrons. The van der Waals surface area contributed by atoms with Crippen molar-refractivity contribution in [3.05, 3.63) is 59.6 Å². The van der Waals surface area contributed by atoms with Crippen LogP contribution >= 0.6 is 0 Å². The molecule has 0 unspecified atom stereocenters. The number of carbonyl (C=O) groups excluding carboxylic acids is 1. The van der Waals surface area contributed by atoms with Crippen LogP contribution in [0.25, 0.3) is 6.08 Å². The van der Waals surface area contributed by atoms with E-state index < -0.39 is 0 Å². The summed E-state index contributed by atoms with van der Waals surface area (Å²) in [6.45, 7) is 14.5. The fourth-order valence-corrected chi connectivity index (χ4v) is 4.37. The highest BCUT2D eigenvalue weighted by Crippen LogP contribution is 2.27. The molecule has 1 fully saturated rings. The minimum atomic E-state index is -0.106. The Labute approximate surface area is 221 Å². The van der Waals surface area contributed by atoms with E-state index in [9.17, 15) is 4.79 Å². The number of nitrogens with one attached hydrogen (secondary N) is 3. The largest absolute Gasteiger partial charge is 0.376 e. The molecule has 0 bridgehead atoms. The summed E-state index contributed by atoms with van der Waals surface area (Å²) in [6.07, 6.45) is 9.51. The average Bonchev–Trinajstić information content (AvgIpc) is 2.90. The molecule has 2 aromatic rings. The number of carbonyl (C=O) groups is 1. The molecule has 0 aliphatic heterocycles. The van der Waals surface area contributed by atoms with Crippen molar-refractivity contribution in [3.8, 4) is 11.8 Å². The lowest BCUT2D eigenvalue weighted by Gasteiger charge is -2.25. The minimum absolute atomic E-state index is 0.106. The third kappa shape index (κ3) is 7.85. The number of aryl methyl sites for hydroxylation is 2. The van der Waals surface area contributed by atoms with Crippen molar-refractivity contribution in [2.24, 2.45) is 0 Å². The van der Waals surface area contributed by atoms with Gasteiger partial charge in [0.2, 0.25) is 6.41 Å². The average molecular weight is 501 g/mol. The molecule has 1 atom stereocenters. The van der Waals surface area contributed by atoms with E-state index in [2.05, 4.69) is 53.9 Å². The molecule has 7 heteroatoms. The molecule has 1 aromatic carbocycles. The Morgan fingerprint density at radius 3 is 2.65 bits per heavy atom. The fourth-order valence-electron chi connectivity index (χ4n) is 4.37. The molecule has 1 saturated carbocycles. The zero-order valence-corrected chi connectivity index (χ0v) is 22.7. The number of anilines is 3. The van der Waals surface area contributed by atoms with Gasteiger partial charge in [-0.2, -0.15) is 0 Å². The van der Waals surface area contributed by atoms with E-state index in [1.807, 2.05) is 26.0 Å². The summed E-state index contributed by atoms with van der Waals surface area (Å²) in [4.78, 5) is 22.3. The molecule has 7 nitrogen and oxygen atoms in total. The predicted molar refractivity (Wildman–Crippen MR) is 154 cm³/mol. The number of aromatic nitrogens is 2. The third-order valence-electron chi connectivity index (χ3n) is 6.73. The maximum Gasteiger partial charge on any atom is 0.210 e. The summed E-state index contributed by atoms with van der Waals surface area (Å²) >= 11 is 0. The van der Waals surface area contributed by atoms with Crippen LogP contribution in [0.2, 0.25) is 0 Å². The highest BCUT2D eigenvalue weighted by Gasteiger charge is 2.18. The quantitative estimate of drug-likeness (QED) is 0.283. The van der Waals surface area contributed by atoms with Crippen LogP contribution in [0.4, 0.5) is 17.3 Å². The Hall–Kier alpha value is -3.79. The second-order valence-electron chi connectivity index (χ2n) is 9.63. The van der Waals surface area contributed by atoms with Gasteiger partial charge in [0.05, 0.1) is 18.3 Å². The van der Waals surface area contributed by atoms with Crippen molar-refractivity contribution in [2.45, 2.75) is 71.4 Å². The first kappa shape index (κ1) is 27.8. The zero-order valence-electron chi connectivity index (χ0n) is 22.7. The van der Waals surface area contributed by atoms with E-state index in [4.69, 9.17) is 9.97 Å². The molecule has 0 saturated heterocycles. The minimum Gasteiger partial charge on any atom is -0.376 e. The van der Waals surface area contributed by atoms with Crippen molar-refractivity contribution in [1.82, 2.24) is 20.2 Å². The first-order chi connectivity index (χ1) is 17.8. The first-order valence-corrected chi connectivity index (χ1v) is 13.1. The summed E-state index contributed by atoms with van der Waals surface area (Å²) in [5.41, 5.74) is 5.33. The van der Waals surface area contributed by atoms with Crippen molar-refractivity contribution < 1.29 is 4.79 Å². The number of hydrogen-bond acceptors (Lipinski definition) is 6. The van der Waals surface area contributed by atoms with Gasteiger partial charge in [-0.1, -0.05) is 51.2 Å². The molecule has 37 heavy (non-hydrogen) atoms. The van der Waals surface area contributed by atoms with Gasteiger partial charge in [-0.05, 0) is 62.9 Å². The summed E-state index contributed by atoms with van der Waals surface area (Å²) in [6, 6.07) is 6.47. The van der Waals surface area contributed by atoms with E-state index in [0.29, 0.717) is 18.4 Å². The molecule has 1 aliphatic rings. The number of hydrogen-bond donors (Lipinski definition) is 3. The van der Waals surface area contributed by atoms with E-state index >= 15 is 0 Å². The lowest BCUT2D eigenvalue weighted by Crippen LogP contribution is -2.34. The smallest absolute Gasteiger partial charge is 0.210 e. The van der Waals surface area contributed by atoms with Gasteiger partial charge in [0, 0.05) is 30.0 Å². The molecule has 3 N–H and O–H groups in total. The molecule has 0 spiro atoms. The summed E-state index contributed by atoms with van der Waals surface area (Å²) in [7, 11) is 1.73. The van der Waals surface area contributed by atoms with Crippen molar-refractivity contribution in [3.63, 3.8) is 0 Å². The second kappa shape index (κ2) is 13.5. The molecular formula is C30H40N6O. The molecule has 1 amide bonds. The standard InChI is InChI=1S/C30H40N6O/c1-7-27-29(32-25-14-10-9-11-15-25)35-30(28(8-2)34-27)33-26-18-21(3)17-24(19-26)13-12-16-31-22(4)23(5)36(6)20-37/h8,17-20,23,25,31H,2,4,7,9-11,14-16H2,1,3,5-6H3,(H2,32,33,35)/t23-/m0/s1. The van der Waals surface area contributed by atoms with Crippen LogP contribution in [-0.4, -0.2) is 47.0 Å². The van der Waals surface area contributed by atoms with Crippen LogP contribution in [0.15, 0.2) is 37.1 Å². The van der Waals surface area contributed by atoms with Gasteiger partial charge in [0.15, 0.2) is 5.82 Å². The lowest BCUT2D eigenvalue weighted by atomic mass is 9.95. The fraction of sp³-hybridized carbons (Fsp3) is 0.433. The zero-order chi connectivity index (χ0) is 26.8. The van der Waals surface area contributed by atoms with E-state index in [-0.39, 0.29) is 6.04 Å². The van der Waals surface area contributed by atoms with Crippen LogP contribution in [0, 0.1) is 18.8 Å². The normalized spacial score (nSPS) is 14.1. The second-order valence-corrected chi connectivity index (χ2v) is 9.63. The Bertz CT molecular complexity index is 1170. The van der Waals surface area contributed by atoms with Crippen molar-refractivity contribution in [2.75, 3.05) is 24.2 Å². The molecule has 1 aromatic heterocycles. The molecule has 3 rings (SSSR count). The Balaban J connectivity index is 1.76. The van der Waals surface area contributed by atoms with Crippen molar-refractivity contribution in [1.29, 1.82) is 0 Å². The summed E-state index contributed by atoms with van der Waals surface area (Å²) < 4.78 is 0. The predicted octanol–water partition coefficient (Wildman–Crippen LogP) is 5.41. The van der Waals surface area contributed by atoms with Crippen LogP contribution in [0.1, 0.15) is 68.5 Å². The van der Waals surface area contributed by atoms with Gasteiger partial charge < -0.3 is 20.9 Å². The first-order valence-electron chi connectivity index (χ1n) is 13.1. The van der Waals surface area contributed by atoms with Gasteiger partial charge in [0.1, 0.15) is 11.5 Å². The number of amides is 1. The van der Waals surface area contributed by atoms with Gasteiger partial charge in [-0.25, -0.2) is 9.97 Å². The van der Waals surface area contributed by atoms with Crippen LogP contribution in [-0.2, 0) is 11.2 Å². The Morgan fingerprint density at radius 1 is 1.22 bits per heavy atom. The Kier molecular flexibility index (Phi) is 10.1. The SMILES string of the molecule is C=Cc1nc(CC)c(NC2CCCCC2)nc1Nc1cc(C)cc(C#CCNC(=C)[C@H](C)N(C)C=O)c1. The van der Waals surface area contributed by atoms with Crippen LogP contribution < -0.4 is 16.0 Å². The molecule has 1 heterocycles. The van der Waals surface area contributed by atoms with E-state index in [1.165, 1.54) is 32.1 Å². The van der Waals surface area contributed by atoms with Gasteiger partial charge in [-0.3, -0.25) is 4.79 Å². The molecule has 1 aliphatic carbocycles. The number of likely N-dealkylation sites (N-methyl/N-ethyl adjacent to an activating group) is 1. The van der Waals surface area contributed by atoms with Crippen LogP contribution in [0.5, 0.6) is 0 Å². The van der Waals surface area contributed by atoms with E-state index in [1.54, 1.807) is 18.0 Å². The maximum absolute atomic E-state index is 10.9. The van der Waals surface area contributed by atoms with Crippen LogP contribution in [0.3, 0.4) is 0 Å². The van der Waals surface area contributed by atoms with E-state index in [0.717, 1.165) is 52.5 Å². The topological polar surface area (TPSA) is 82.2 Å². The monoisotopic (exact) mass is 500 g/mol. The van der Waals surface area contributed by atoms with Gasteiger partial charge in [0.25, 0.3) is 0 Å². The Morgan fingerprint density at radius 2 is 1.97 bits per heavy atom. The summed E-state index contributed by atoms with van der Waals surface area (Å²) in [5, 5.41) is 10.3. The number of rotatable bonds is 11. The maximum atomic E-state index is 10.9. The molecule has 0 radical (unpaired) electrons. The number of benzene rings is 1. The van der Waals surface area contributed by atoms with Gasteiger partial charge >= 0.3 is 0 Å². The highest BCUT2D eigenvalue weighted by molar-refractivity contribution is 5.69. The lowest BCUT2D eigenvalue weighted by molar-refractivity contribution is -0.118. The molecular weight excluding hydrogens is 460 g/mol. The van der Waals surface area contributed by atoms with Crippen molar-refractivity contribution >= 4 is 29.8 Å².